The summed E-state index contributed by atoms with van der Waals surface area (Å²) in [6.07, 6.45) is 4.93. The van der Waals surface area contributed by atoms with E-state index in [-0.39, 0.29) is 0 Å². The predicted octanol–water partition coefficient (Wildman–Crippen LogP) is 0.682. The first kappa shape index (κ1) is 14.2. The van der Waals surface area contributed by atoms with Gasteiger partial charge in [-0.15, -0.1) is 0 Å². The summed E-state index contributed by atoms with van der Waals surface area (Å²) >= 11 is 0. The second kappa shape index (κ2) is 5.42. The SMILES string of the molecule is CC(C)c1cnc(N2CCN(S(C)(=O)=O)CC2)nc1. The molecule has 6 nitrogen and oxygen atoms in total. The summed E-state index contributed by atoms with van der Waals surface area (Å²) < 4.78 is 24.3. The van der Waals surface area contributed by atoms with Gasteiger partial charge in [-0.2, -0.15) is 4.31 Å². The van der Waals surface area contributed by atoms with Gasteiger partial charge in [0.15, 0.2) is 0 Å². The molecule has 1 saturated heterocycles. The van der Waals surface area contributed by atoms with Crippen LogP contribution in [0.2, 0.25) is 0 Å². The second-order valence-corrected chi connectivity index (χ2v) is 7.10. The highest BCUT2D eigenvalue weighted by Gasteiger charge is 2.24. The molecule has 0 radical (unpaired) electrons. The number of piperazine rings is 1. The van der Waals surface area contributed by atoms with Crippen molar-refractivity contribution in [1.82, 2.24) is 14.3 Å². The molecule has 2 rings (SSSR count). The third-order valence-electron chi connectivity index (χ3n) is 3.32. The number of hydrogen-bond donors (Lipinski definition) is 0. The van der Waals surface area contributed by atoms with E-state index in [2.05, 4.69) is 23.8 Å². The molecule has 1 aromatic heterocycles. The molecule has 0 atom stereocenters. The molecule has 0 aromatic carbocycles. The maximum atomic E-state index is 11.4. The van der Waals surface area contributed by atoms with Crippen LogP contribution in [-0.4, -0.2) is 55.1 Å². The molecule has 0 spiro atoms. The van der Waals surface area contributed by atoms with Gasteiger partial charge in [0.25, 0.3) is 0 Å². The summed E-state index contributed by atoms with van der Waals surface area (Å²) in [5.41, 5.74) is 1.11. The van der Waals surface area contributed by atoms with Crippen LogP contribution in [0.1, 0.15) is 25.3 Å². The van der Waals surface area contributed by atoms with Crippen molar-refractivity contribution in [1.29, 1.82) is 0 Å². The van der Waals surface area contributed by atoms with Gasteiger partial charge in [-0.1, -0.05) is 13.8 Å². The fourth-order valence-electron chi connectivity index (χ4n) is 2.01. The Morgan fingerprint density at radius 1 is 1.11 bits per heavy atom. The Hall–Kier alpha value is -1.21. The monoisotopic (exact) mass is 284 g/mol. The Morgan fingerprint density at radius 2 is 1.63 bits per heavy atom. The molecule has 0 unspecified atom stereocenters. The van der Waals surface area contributed by atoms with E-state index in [9.17, 15) is 8.42 Å². The Labute approximate surface area is 114 Å². The van der Waals surface area contributed by atoms with Gasteiger partial charge < -0.3 is 4.90 Å². The fraction of sp³-hybridized carbons (Fsp3) is 0.667. The van der Waals surface area contributed by atoms with E-state index in [1.807, 2.05) is 17.3 Å². The highest BCUT2D eigenvalue weighted by molar-refractivity contribution is 7.88. The first-order valence-corrected chi connectivity index (χ1v) is 8.25. The van der Waals surface area contributed by atoms with Gasteiger partial charge in [-0.3, -0.25) is 0 Å². The molecule has 19 heavy (non-hydrogen) atoms. The Morgan fingerprint density at radius 3 is 2.05 bits per heavy atom. The number of hydrogen-bond acceptors (Lipinski definition) is 5. The molecule has 0 saturated carbocycles. The van der Waals surface area contributed by atoms with Crippen molar-refractivity contribution in [3.8, 4) is 0 Å². The van der Waals surface area contributed by atoms with Crippen molar-refractivity contribution < 1.29 is 8.42 Å². The number of nitrogens with zero attached hydrogens (tertiary/aromatic N) is 4. The molecular weight excluding hydrogens is 264 g/mol. The number of rotatable bonds is 3. The maximum absolute atomic E-state index is 11.4. The fourth-order valence-corrected chi connectivity index (χ4v) is 2.84. The molecule has 1 fully saturated rings. The third kappa shape index (κ3) is 3.42. The molecule has 1 aromatic rings. The van der Waals surface area contributed by atoms with E-state index in [4.69, 9.17) is 0 Å². The highest BCUT2D eigenvalue weighted by atomic mass is 32.2. The molecule has 7 heteroatoms. The molecule has 0 amide bonds. The minimum Gasteiger partial charge on any atom is -0.338 e. The van der Waals surface area contributed by atoms with E-state index in [0.717, 1.165) is 5.56 Å². The van der Waals surface area contributed by atoms with E-state index in [1.54, 1.807) is 0 Å². The largest absolute Gasteiger partial charge is 0.338 e. The van der Waals surface area contributed by atoms with Crippen LogP contribution in [0.25, 0.3) is 0 Å². The lowest BCUT2D eigenvalue weighted by Crippen LogP contribution is -2.48. The molecule has 0 aliphatic carbocycles. The van der Waals surface area contributed by atoms with E-state index >= 15 is 0 Å². The van der Waals surface area contributed by atoms with Crippen LogP contribution < -0.4 is 4.90 Å². The minimum atomic E-state index is -3.08. The van der Waals surface area contributed by atoms with Gasteiger partial charge in [0.05, 0.1) is 6.26 Å². The van der Waals surface area contributed by atoms with E-state index in [1.165, 1.54) is 10.6 Å². The summed E-state index contributed by atoms with van der Waals surface area (Å²) in [6.45, 7) is 6.46. The lowest BCUT2D eigenvalue weighted by Gasteiger charge is -2.33. The van der Waals surface area contributed by atoms with Crippen LogP contribution in [-0.2, 0) is 10.0 Å². The van der Waals surface area contributed by atoms with Crippen molar-refractivity contribution in [3.63, 3.8) is 0 Å². The molecule has 0 N–H and O–H groups in total. The summed E-state index contributed by atoms with van der Waals surface area (Å²) in [5.74, 6) is 1.09. The van der Waals surface area contributed by atoms with E-state index in [0.29, 0.717) is 38.0 Å². The zero-order valence-corrected chi connectivity index (χ0v) is 12.4. The van der Waals surface area contributed by atoms with Crippen molar-refractivity contribution >= 4 is 16.0 Å². The number of aromatic nitrogens is 2. The Bertz CT molecular complexity index is 519. The summed E-state index contributed by atoms with van der Waals surface area (Å²) in [5, 5.41) is 0. The molecule has 2 heterocycles. The Balaban J connectivity index is 2.02. The van der Waals surface area contributed by atoms with Crippen LogP contribution >= 0.6 is 0 Å². The van der Waals surface area contributed by atoms with Crippen LogP contribution in [0.4, 0.5) is 5.95 Å². The van der Waals surface area contributed by atoms with Crippen LogP contribution in [0.3, 0.4) is 0 Å². The molecule has 0 bridgehead atoms. The maximum Gasteiger partial charge on any atom is 0.225 e. The summed E-state index contributed by atoms with van der Waals surface area (Å²) in [7, 11) is -3.08. The first-order chi connectivity index (χ1) is 8.88. The zero-order chi connectivity index (χ0) is 14.0. The topological polar surface area (TPSA) is 66.4 Å². The van der Waals surface area contributed by atoms with Gasteiger partial charge in [0.2, 0.25) is 16.0 Å². The van der Waals surface area contributed by atoms with Crippen molar-refractivity contribution in [2.45, 2.75) is 19.8 Å². The second-order valence-electron chi connectivity index (χ2n) is 5.12. The van der Waals surface area contributed by atoms with E-state index < -0.39 is 10.0 Å². The number of sulfonamides is 1. The normalized spacial score (nSPS) is 18.0. The summed E-state index contributed by atoms with van der Waals surface area (Å²) in [6, 6.07) is 0. The lowest BCUT2D eigenvalue weighted by molar-refractivity contribution is 0.385. The van der Waals surface area contributed by atoms with Gasteiger partial charge in [-0.05, 0) is 11.5 Å². The van der Waals surface area contributed by atoms with Gasteiger partial charge in [0.1, 0.15) is 0 Å². The number of anilines is 1. The molecule has 1 aliphatic rings. The van der Waals surface area contributed by atoms with Crippen molar-refractivity contribution in [2.75, 3.05) is 37.3 Å². The van der Waals surface area contributed by atoms with Crippen LogP contribution in [0.15, 0.2) is 12.4 Å². The quantitative estimate of drug-likeness (QED) is 0.816. The smallest absolute Gasteiger partial charge is 0.225 e. The van der Waals surface area contributed by atoms with Gasteiger partial charge >= 0.3 is 0 Å². The lowest BCUT2D eigenvalue weighted by atomic mass is 10.1. The molecule has 106 valence electrons. The minimum absolute atomic E-state index is 0.413. The standard InChI is InChI=1S/C12H20N4O2S/c1-10(2)11-8-13-12(14-9-11)15-4-6-16(7-5-15)19(3,17)18/h8-10H,4-7H2,1-3H3. The van der Waals surface area contributed by atoms with Gasteiger partial charge in [-0.25, -0.2) is 18.4 Å². The Kier molecular flexibility index (Phi) is 4.05. The predicted molar refractivity (Wildman–Crippen MR) is 74.8 cm³/mol. The first-order valence-electron chi connectivity index (χ1n) is 6.40. The highest BCUT2D eigenvalue weighted by Crippen LogP contribution is 2.16. The van der Waals surface area contributed by atoms with Crippen molar-refractivity contribution in [3.05, 3.63) is 18.0 Å². The van der Waals surface area contributed by atoms with Crippen LogP contribution in [0.5, 0.6) is 0 Å². The zero-order valence-electron chi connectivity index (χ0n) is 11.6. The summed E-state index contributed by atoms with van der Waals surface area (Å²) in [4.78, 5) is 10.7. The van der Waals surface area contributed by atoms with Crippen molar-refractivity contribution in [2.24, 2.45) is 0 Å². The molecule has 1 aliphatic heterocycles. The third-order valence-corrected chi connectivity index (χ3v) is 4.62. The average Bonchev–Trinajstić information content (AvgIpc) is 2.38. The van der Waals surface area contributed by atoms with Gasteiger partial charge in [0, 0.05) is 38.6 Å². The molecular formula is C12H20N4O2S. The van der Waals surface area contributed by atoms with Crippen LogP contribution in [0, 0.1) is 0 Å². The average molecular weight is 284 g/mol.